The van der Waals surface area contributed by atoms with Crippen molar-refractivity contribution in [3.8, 4) is 0 Å². The van der Waals surface area contributed by atoms with E-state index in [0.717, 1.165) is 17.5 Å². The zero-order chi connectivity index (χ0) is 21.5. The zero-order valence-electron chi connectivity index (χ0n) is 17.1. The molecule has 2 N–H and O–H groups in total. The topological polar surface area (TPSA) is 87.3 Å². The highest BCUT2D eigenvalue weighted by molar-refractivity contribution is 6.31. The number of nitrogens with zero attached hydrogens (tertiary/aromatic N) is 2. The van der Waals surface area contributed by atoms with E-state index in [2.05, 4.69) is 15.3 Å². The van der Waals surface area contributed by atoms with E-state index >= 15 is 0 Å². The van der Waals surface area contributed by atoms with Gasteiger partial charge in [-0.15, -0.1) is 0 Å². The number of amides is 2. The molecular weight excluding hydrogens is 404 g/mol. The minimum atomic E-state index is -0.253. The van der Waals surface area contributed by atoms with Crippen molar-refractivity contribution in [3.63, 3.8) is 0 Å². The van der Waals surface area contributed by atoms with Crippen LogP contribution in [0.5, 0.6) is 0 Å². The lowest BCUT2D eigenvalue weighted by atomic mass is 10.1. The third-order valence-electron chi connectivity index (χ3n) is 4.69. The van der Waals surface area contributed by atoms with E-state index in [0.29, 0.717) is 41.4 Å². The molecule has 8 heteroatoms. The molecule has 1 aromatic heterocycles. The number of fused-ring (bicyclic) bond motifs is 1. The second-order valence-electron chi connectivity index (χ2n) is 6.96. The molecule has 0 aliphatic carbocycles. The normalized spacial score (nSPS) is 10.9. The van der Waals surface area contributed by atoms with Gasteiger partial charge in [-0.2, -0.15) is 0 Å². The third-order valence-corrected chi connectivity index (χ3v) is 4.92. The number of hydrogen-bond donors (Lipinski definition) is 2. The number of aromatic amines is 1. The fraction of sp³-hybridized carbons (Fsp3) is 0.318. The maximum Gasteiger partial charge on any atom is 0.318 e. The zero-order valence-corrected chi connectivity index (χ0v) is 17.8. The van der Waals surface area contributed by atoms with Crippen molar-refractivity contribution in [2.75, 3.05) is 13.7 Å². The van der Waals surface area contributed by atoms with Gasteiger partial charge in [-0.25, -0.2) is 9.78 Å². The van der Waals surface area contributed by atoms with Gasteiger partial charge in [-0.3, -0.25) is 4.79 Å². The molecule has 0 aliphatic rings. The van der Waals surface area contributed by atoms with Crippen LogP contribution in [0.25, 0.3) is 10.9 Å². The van der Waals surface area contributed by atoms with Crippen molar-refractivity contribution in [2.24, 2.45) is 0 Å². The summed E-state index contributed by atoms with van der Waals surface area (Å²) < 4.78 is 5.22. The number of benzene rings is 2. The fourth-order valence-corrected chi connectivity index (χ4v) is 3.41. The minimum absolute atomic E-state index is 0.192. The Kier molecular flexibility index (Phi) is 7.43. The van der Waals surface area contributed by atoms with Gasteiger partial charge in [0.2, 0.25) is 0 Å². The van der Waals surface area contributed by atoms with Crippen molar-refractivity contribution in [1.29, 1.82) is 0 Å². The molecule has 0 unspecified atom stereocenters. The molecule has 2 aromatic carbocycles. The van der Waals surface area contributed by atoms with Crippen molar-refractivity contribution in [2.45, 2.75) is 33.0 Å². The molecule has 0 saturated heterocycles. The van der Waals surface area contributed by atoms with E-state index in [4.69, 9.17) is 16.3 Å². The predicted octanol–water partition coefficient (Wildman–Crippen LogP) is 3.84. The summed E-state index contributed by atoms with van der Waals surface area (Å²) in [4.78, 5) is 34.1. The summed E-state index contributed by atoms with van der Waals surface area (Å²) >= 11 is 6.03. The number of urea groups is 1. The van der Waals surface area contributed by atoms with Gasteiger partial charge in [0.25, 0.3) is 5.56 Å². The summed E-state index contributed by atoms with van der Waals surface area (Å²) in [6.45, 7) is 3.58. The van der Waals surface area contributed by atoms with Crippen LogP contribution in [0.1, 0.15) is 30.3 Å². The molecule has 3 rings (SSSR count). The van der Waals surface area contributed by atoms with Gasteiger partial charge in [0, 0.05) is 25.2 Å². The number of nitrogens with one attached hydrogen (secondary N) is 2. The number of carbonyl (C=O) groups is 1. The first-order chi connectivity index (χ1) is 14.5. The largest absolute Gasteiger partial charge is 0.380 e. The molecule has 1 heterocycles. The minimum Gasteiger partial charge on any atom is -0.380 e. The Hall–Kier alpha value is -2.90. The molecule has 0 aliphatic heterocycles. The number of ether oxygens (including phenoxy) is 1. The van der Waals surface area contributed by atoms with Crippen LogP contribution in [0.4, 0.5) is 4.79 Å². The van der Waals surface area contributed by atoms with Crippen LogP contribution < -0.4 is 10.9 Å². The maximum absolute atomic E-state index is 12.8. The first-order valence-electron chi connectivity index (χ1n) is 9.78. The number of carbonyl (C=O) groups excluding carboxylic acids is 1. The molecule has 30 heavy (non-hydrogen) atoms. The lowest BCUT2D eigenvalue weighted by Gasteiger charge is -2.22. The SMILES string of the molecule is CCCN(Cc1nc2cc(Cl)ccc2c(=O)[nH]1)C(=O)NCc1ccccc1COC. The van der Waals surface area contributed by atoms with E-state index in [-0.39, 0.29) is 18.1 Å². The first kappa shape index (κ1) is 21.8. The molecule has 0 radical (unpaired) electrons. The Morgan fingerprint density at radius 3 is 2.73 bits per heavy atom. The second-order valence-corrected chi connectivity index (χ2v) is 7.39. The quantitative estimate of drug-likeness (QED) is 0.570. The van der Waals surface area contributed by atoms with Gasteiger partial charge in [0.1, 0.15) is 5.82 Å². The average molecular weight is 429 g/mol. The molecule has 2 amide bonds. The molecule has 0 atom stereocenters. The summed E-state index contributed by atoms with van der Waals surface area (Å²) in [7, 11) is 1.64. The fourth-order valence-electron chi connectivity index (χ4n) is 3.25. The average Bonchev–Trinajstić information content (AvgIpc) is 2.72. The summed E-state index contributed by atoms with van der Waals surface area (Å²) in [6.07, 6.45) is 0.775. The van der Waals surface area contributed by atoms with Gasteiger partial charge in [0.15, 0.2) is 0 Å². The van der Waals surface area contributed by atoms with Crippen LogP contribution in [-0.2, 0) is 24.4 Å². The lowest BCUT2D eigenvalue weighted by Crippen LogP contribution is -2.40. The van der Waals surface area contributed by atoms with Gasteiger partial charge in [-0.05, 0) is 35.7 Å². The third kappa shape index (κ3) is 5.37. The Bertz CT molecular complexity index is 1080. The number of aromatic nitrogens is 2. The van der Waals surface area contributed by atoms with Gasteiger partial charge in [-0.1, -0.05) is 42.8 Å². The van der Waals surface area contributed by atoms with Crippen molar-refractivity contribution >= 4 is 28.5 Å². The van der Waals surface area contributed by atoms with Crippen molar-refractivity contribution in [3.05, 3.63) is 74.8 Å². The van der Waals surface area contributed by atoms with Gasteiger partial charge >= 0.3 is 6.03 Å². The number of rotatable bonds is 8. The van der Waals surface area contributed by atoms with Crippen molar-refractivity contribution in [1.82, 2.24) is 20.2 Å². The number of H-pyrrole nitrogens is 1. The standard InChI is InChI=1S/C22H25ClN4O3/c1-3-10-27(22(29)24-12-15-6-4-5-7-16(15)14-30-2)13-20-25-19-11-17(23)8-9-18(19)21(28)26-20/h4-9,11H,3,10,12-14H2,1-2H3,(H,24,29)(H,25,26,28). The summed E-state index contributed by atoms with van der Waals surface area (Å²) in [6, 6.07) is 12.5. The van der Waals surface area contributed by atoms with Crippen molar-refractivity contribution < 1.29 is 9.53 Å². The molecular formula is C22H25ClN4O3. The van der Waals surface area contributed by atoms with Crippen LogP contribution in [0.15, 0.2) is 47.3 Å². The van der Waals surface area contributed by atoms with E-state index < -0.39 is 0 Å². The van der Waals surface area contributed by atoms with Crippen LogP contribution in [0.2, 0.25) is 5.02 Å². The Morgan fingerprint density at radius 2 is 2.00 bits per heavy atom. The van der Waals surface area contributed by atoms with Gasteiger partial charge < -0.3 is 19.9 Å². The highest BCUT2D eigenvalue weighted by atomic mass is 35.5. The summed E-state index contributed by atoms with van der Waals surface area (Å²) in [5.41, 5.74) is 2.28. The van der Waals surface area contributed by atoms with Gasteiger partial charge in [0.05, 0.1) is 24.1 Å². The van der Waals surface area contributed by atoms with Crippen LogP contribution in [0.3, 0.4) is 0 Å². The molecule has 7 nitrogen and oxygen atoms in total. The Balaban J connectivity index is 1.75. The second kappa shape index (κ2) is 10.2. The molecule has 0 spiro atoms. The first-order valence-corrected chi connectivity index (χ1v) is 10.2. The Labute approximate surface area is 180 Å². The summed E-state index contributed by atoms with van der Waals surface area (Å²) in [5, 5.41) is 3.92. The Morgan fingerprint density at radius 1 is 1.23 bits per heavy atom. The highest BCUT2D eigenvalue weighted by Gasteiger charge is 2.16. The smallest absolute Gasteiger partial charge is 0.318 e. The molecule has 3 aromatic rings. The van der Waals surface area contributed by atoms with Crippen LogP contribution in [0, 0.1) is 0 Å². The molecule has 0 fully saturated rings. The van der Waals surface area contributed by atoms with Crippen LogP contribution >= 0.6 is 11.6 Å². The number of methoxy groups -OCH3 is 1. The monoisotopic (exact) mass is 428 g/mol. The van der Waals surface area contributed by atoms with E-state index in [1.807, 2.05) is 31.2 Å². The number of halogens is 1. The molecule has 0 saturated carbocycles. The van der Waals surface area contributed by atoms with E-state index in [9.17, 15) is 9.59 Å². The molecule has 158 valence electrons. The van der Waals surface area contributed by atoms with E-state index in [1.165, 1.54) is 0 Å². The highest BCUT2D eigenvalue weighted by Crippen LogP contribution is 2.15. The summed E-state index contributed by atoms with van der Waals surface area (Å²) in [5.74, 6) is 0.415. The van der Waals surface area contributed by atoms with E-state index in [1.54, 1.807) is 30.2 Å². The maximum atomic E-state index is 12.8. The predicted molar refractivity (Wildman–Crippen MR) is 117 cm³/mol. The number of hydrogen-bond acceptors (Lipinski definition) is 4. The van der Waals surface area contributed by atoms with Crippen LogP contribution in [-0.4, -0.2) is 34.6 Å². The molecule has 0 bridgehead atoms. The lowest BCUT2D eigenvalue weighted by molar-refractivity contribution is 0.183.